The lowest BCUT2D eigenvalue weighted by Crippen LogP contribution is -2.21. The predicted molar refractivity (Wildman–Crippen MR) is 77.9 cm³/mol. The lowest BCUT2D eigenvalue weighted by molar-refractivity contribution is 0.414. The Balaban J connectivity index is 2.29. The van der Waals surface area contributed by atoms with Gasteiger partial charge in [-0.05, 0) is 25.1 Å². The number of methoxy groups -OCH3 is 1. The first-order chi connectivity index (χ1) is 9.52. The Hall–Kier alpha value is -2.23. The van der Waals surface area contributed by atoms with Crippen LogP contribution in [0.5, 0.6) is 11.5 Å². The molecule has 1 atom stereocenters. The van der Waals surface area contributed by atoms with E-state index in [9.17, 15) is 9.50 Å². The van der Waals surface area contributed by atoms with Crippen LogP contribution in [0.3, 0.4) is 0 Å². The number of phenols is 1. The minimum atomic E-state index is -0.442. The highest BCUT2D eigenvalue weighted by Crippen LogP contribution is 2.32. The van der Waals surface area contributed by atoms with Crippen LogP contribution in [0.15, 0.2) is 42.5 Å². The molecule has 0 aliphatic rings. The number of halogens is 1. The summed E-state index contributed by atoms with van der Waals surface area (Å²) >= 11 is 0. The van der Waals surface area contributed by atoms with Gasteiger partial charge in [-0.1, -0.05) is 12.1 Å². The van der Waals surface area contributed by atoms with E-state index in [1.165, 1.54) is 6.07 Å². The van der Waals surface area contributed by atoms with Crippen LogP contribution in [-0.4, -0.2) is 19.3 Å². The summed E-state index contributed by atoms with van der Waals surface area (Å²) in [6.07, 6.45) is 0. The van der Waals surface area contributed by atoms with Crippen molar-refractivity contribution in [3.63, 3.8) is 0 Å². The van der Waals surface area contributed by atoms with Gasteiger partial charge in [-0.3, -0.25) is 0 Å². The number of phenolic OH excluding ortho intramolecular Hbond substituents is 1. The van der Waals surface area contributed by atoms with Gasteiger partial charge in [0.15, 0.2) is 0 Å². The molecule has 2 aromatic carbocycles. The predicted octanol–water partition coefficient (Wildman–Crippen LogP) is 3.74. The Labute approximate surface area is 118 Å². The highest BCUT2D eigenvalue weighted by atomic mass is 19.1. The molecule has 4 heteroatoms. The third kappa shape index (κ3) is 2.85. The Morgan fingerprint density at radius 2 is 1.95 bits per heavy atom. The number of hydrogen-bond acceptors (Lipinski definition) is 3. The lowest BCUT2D eigenvalue weighted by atomic mass is 10.1. The number of hydrogen-bond donors (Lipinski definition) is 1. The molecule has 1 N–H and O–H groups in total. The first-order valence-electron chi connectivity index (χ1n) is 6.38. The summed E-state index contributed by atoms with van der Waals surface area (Å²) in [6.45, 7) is 1.95. The van der Waals surface area contributed by atoms with Gasteiger partial charge in [-0.25, -0.2) is 4.39 Å². The van der Waals surface area contributed by atoms with Crippen molar-refractivity contribution in [3.8, 4) is 11.5 Å². The largest absolute Gasteiger partial charge is 0.507 e. The molecule has 0 spiro atoms. The van der Waals surface area contributed by atoms with Crippen molar-refractivity contribution >= 4 is 5.69 Å². The topological polar surface area (TPSA) is 32.7 Å². The summed E-state index contributed by atoms with van der Waals surface area (Å²) in [5.74, 6) is 0.291. The summed E-state index contributed by atoms with van der Waals surface area (Å²) in [5, 5.41) is 9.87. The molecule has 0 fully saturated rings. The van der Waals surface area contributed by atoms with Gasteiger partial charge in [0, 0.05) is 30.4 Å². The van der Waals surface area contributed by atoms with Gasteiger partial charge in [0.1, 0.15) is 17.3 Å². The molecule has 0 saturated heterocycles. The molecular formula is C16H18FNO2. The van der Waals surface area contributed by atoms with Gasteiger partial charge in [0.25, 0.3) is 0 Å². The van der Waals surface area contributed by atoms with E-state index >= 15 is 0 Å². The van der Waals surface area contributed by atoms with Crippen LogP contribution >= 0.6 is 0 Å². The number of rotatable bonds is 4. The zero-order valence-corrected chi connectivity index (χ0v) is 11.8. The van der Waals surface area contributed by atoms with E-state index in [0.29, 0.717) is 5.56 Å². The van der Waals surface area contributed by atoms with Gasteiger partial charge in [0.2, 0.25) is 0 Å². The molecule has 0 heterocycles. The molecule has 106 valence electrons. The van der Waals surface area contributed by atoms with E-state index in [1.54, 1.807) is 13.2 Å². The van der Waals surface area contributed by atoms with Gasteiger partial charge in [-0.2, -0.15) is 0 Å². The Morgan fingerprint density at radius 1 is 1.20 bits per heavy atom. The molecule has 0 amide bonds. The average molecular weight is 275 g/mol. The SMILES string of the molecule is COc1cccc(N(C)C(C)c2ccc(F)cc2O)c1. The van der Waals surface area contributed by atoms with Crippen LogP contribution in [0.1, 0.15) is 18.5 Å². The summed E-state index contributed by atoms with van der Waals surface area (Å²) in [4.78, 5) is 2.00. The molecule has 0 bridgehead atoms. The fourth-order valence-corrected chi connectivity index (χ4v) is 2.13. The number of ether oxygens (including phenoxy) is 1. The lowest BCUT2D eigenvalue weighted by Gasteiger charge is -2.28. The first kappa shape index (κ1) is 14.2. The van der Waals surface area contributed by atoms with E-state index in [4.69, 9.17) is 4.74 Å². The van der Waals surface area contributed by atoms with Crippen LogP contribution in [0.2, 0.25) is 0 Å². The summed E-state index contributed by atoms with van der Waals surface area (Å²) < 4.78 is 18.2. The maximum absolute atomic E-state index is 13.0. The molecule has 2 aromatic rings. The number of benzene rings is 2. The van der Waals surface area contributed by atoms with E-state index in [-0.39, 0.29) is 11.8 Å². The normalized spacial score (nSPS) is 12.0. The van der Waals surface area contributed by atoms with Crippen LogP contribution in [0.4, 0.5) is 10.1 Å². The molecule has 0 aromatic heterocycles. The van der Waals surface area contributed by atoms with E-state index < -0.39 is 5.82 Å². The summed E-state index contributed by atoms with van der Waals surface area (Å²) in [6, 6.07) is 11.6. The maximum atomic E-state index is 13.0. The molecule has 3 nitrogen and oxygen atoms in total. The number of aromatic hydroxyl groups is 1. The molecule has 0 radical (unpaired) electrons. The van der Waals surface area contributed by atoms with Crippen molar-refractivity contribution in [1.82, 2.24) is 0 Å². The minimum absolute atomic E-state index is 0.0350. The fraction of sp³-hybridized carbons (Fsp3) is 0.250. The monoisotopic (exact) mass is 275 g/mol. The van der Waals surface area contributed by atoms with Gasteiger partial charge >= 0.3 is 0 Å². The van der Waals surface area contributed by atoms with Crippen molar-refractivity contribution < 1.29 is 14.2 Å². The zero-order chi connectivity index (χ0) is 14.7. The Morgan fingerprint density at radius 3 is 2.60 bits per heavy atom. The van der Waals surface area contributed by atoms with Crippen molar-refractivity contribution in [3.05, 3.63) is 53.8 Å². The fourth-order valence-electron chi connectivity index (χ4n) is 2.13. The van der Waals surface area contributed by atoms with Crippen LogP contribution in [0, 0.1) is 5.82 Å². The quantitative estimate of drug-likeness (QED) is 0.922. The van der Waals surface area contributed by atoms with Crippen LogP contribution in [-0.2, 0) is 0 Å². The van der Waals surface area contributed by atoms with Crippen molar-refractivity contribution in [1.29, 1.82) is 0 Å². The van der Waals surface area contributed by atoms with Gasteiger partial charge in [-0.15, -0.1) is 0 Å². The molecule has 20 heavy (non-hydrogen) atoms. The molecule has 0 saturated carbocycles. The van der Waals surface area contributed by atoms with Gasteiger partial charge in [0.05, 0.1) is 13.2 Å². The first-order valence-corrected chi connectivity index (χ1v) is 6.38. The number of anilines is 1. The Bertz CT molecular complexity index is 601. The average Bonchev–Trinajstić information content (AvgIpc) is 2.46. The van der Waals surface area contributed by atoms with E-state index in [2.05, 4.69) is 0 Å². The number of nitrogens with zero attached hydrogens (tertiary/aromatic N) is 1. The second-order valence-corrected chi connectivity index (χ2v) is 4.69. The smallest absolute Gasteiger partial charge is 0.126 e. The standard InChI is InChI=1S/C16H18FNO2/c1-11(15-8-7-12(17)9-16(15)19)18(2)13-5-4-6-14(10-13)20-3/h4-11,19H,1-3H3. The second kappa shape index (κ2) is 5.82. The third-order valence-corrected chi connectivity index (χ3v) is 3.48. The molecule has 0 aliphatic carbocycles. The highest BCUT2D eigenvalue weighted by Gasteiger charge is 2.16. The maximum Gasteiger partial charge on any atom is 0.126 e. The van der Waals surface area contributed by atoms with Gasteiger partial charge < -0.3 is 14.7 Å². The van der Waals surface area contributed by atoms with Crippen LogP contribution in [0.25, 0.3) is 0 Å². The molecule has 1 unspecified atom stereocenters. The van der Waals surface area contributed by atoms with Crippen LogP contribution < -0.4 is 9.64 Å². The molecular weight excluding hydrogens is 257 g/mol. The zero-order valence-electron chi connectivity index (χ0n) is 11.8. The molecule has 0 aliphatic heterocycles. The Kier molecular flexibility index (Phi) is 4.13. The van der Waals surface area contributed by atoms with Crippen molar-refractivity contribution in [2.45, 2.75) is 13.0 Å². The summed E-state index contributed by atoms with van der Waals surface area (Å²) in [5.41, 5.74) is 1.64. The van der Waals surface area contributed by atoms with Crippen molar-refractivity contribution in [2.24, 2.45) is 0 Å². The third-order valence-electron chi connectivity index (χ3n) is 3.48. The van der Waals surface area contributed by atoms with E-state index in [0.717, 1.165) is 17.5 Å². The van der Waals surface area contributed by atoms with Crippen molar-refractivity contribution in [2.75, 3.05) is 19.1 Å². The summed E-state index contributed by atoms with van der Waals surface area (Å²) in [7, 11) is 3.54. The minimum Gasteiger partial charge on any atom is -0.507 e. The second-order valence-electron chi connectivity index (χ2n) is 4.69. The highest BCUT2D eigenvalue weighted by molar-refractivity contribution is 5.53. The van der Waals surface area contributed by atoms with E-state index in [1.807, 2.05) is 43.1 Å². The molecule has 2 rings (SSSR count).